The molecule has 74 valence electrons. The molecule has 0 saturated carbocycles. The van der Waals surface area contributed by atoms with Crippen molar-refractivity contribution in [2.45, 2.75) is 20.3 Å². The largest absolute Gasteiger partial charge is 0.0614 e. The van der Waals surface area contributed by atoms with Crippen LogP contribution in [-0.4, -0.2) is 0 Å². The maximum Gasteiger partial charge on any atom is -0.00108 e. The normalized spacial score (nSPS) is 12.4. The molecule has 0 amide bonds. The zero-order valence-corrected chi connectivity index (χ0v) is 9.17. The molecule has 0 heterocycles. The van der Waals surface area contributed by atoms with Gasteiger partial charge < -0.3 is 0 Å². The van der Waals surface area contributed by atoms with E-state index < -0.39 is 0 Å². The summed E-state index contributed by atoms with van der Waals surface area (Å²) in [6, 6.07) is 13.4. The van der Waals surface area contributed by atoms with Crippen molar-refractivity contribution in [2.24, 2.45) is 0 Å². The van der Waals surface area contributed by atoms with Gasteiger partial charge in [0.25, 0.3) is 0 Å². The fourth-order valence-corrected chi connectivity index (χ4v) is 2.47. The molecule has 2 aromatic rings. The lowest BCUT2D eigenvalue weighted by molar-refractivity contribution is 1.21. The topological polar surface area (TPSA) is 0 Å². The van der Waals surface area contributed by atoms with E-state index in [0.29, 0.717) is 0 Å². The van der Waals surface area contributed by atoms with Crippen molar-refractivity contribution in [2.75, 3.05) is 0 Å². The number of hydrogen-bond donors (Lipinski definition) is 0. The molecule has 0 unspecified atom stereocenters. The lowest BCUT2D eigenvalue weighted by Crippen LogP contribution is -1.84. The van der Waals surface area contributed by atoms with E-state index in [9.17, 15) is 0 Å². The van der Waals surface area contributed by atoms with Crippen LogP contribution in [0.25, 0.3) is 11.1 Å². The van der Waals surface area contributed by atoms with E-state index in [0.717, 1.165) is 6.42 Å². The third-order valence-electron chi connectivity index (χ3n) is 3.33. The summed E-state index contributed by atoms with van der Waals surface area (Å²) in [6.07, 6.45) is 1.11. The third kappa shape index (κ3) is 1.21. The summed E-state index contributed by atoms with van der Waals surface area (Å²) in [6.45, 7) is 4.37. The summed E-state index contributed by atoms with van der Waals surface area (Å²) in [5.41, 5.74) is 8.63. The predicted molar refractivity (Wildman–Crippen MR) is 64.2 cm³/mol. The van der Waals surface area contributed by atoms with Crippen LogP contribution in [0.4, 0.5) is 0 Å². The van der Waals surface area contributed by atoms with Crippen LogP contribution in [0.3, 0.4) is 0 Å². The lowest BCUT2D eigenvalue weighted by Gasteiger charge is -2.03. The zero-order chi connectivity index (χ0) is 10.4. The van der Waals surface area contributed by atoms with Crippen LogP contribution in [0, 0.1) is 13.8 Å². The Balaban J connectivity index is 2.31. The highest BCUT2D eigenvalue weighted by molar-refractivity contribution is 5.78. The van der Waals surface area contributed by atoms with Gasteiger partial charge in [0.1, 0.15) is 0 Å². The molecular weight excluding hydrogens is 180 g/mol. The average Bonchev–Trinajstić information content (AvgIpc) is 2.58. The van der Waals surface area contributed by atoms with E-state index in [4.69, 9.17) is 0 Å². The molecule has 0 heteroatoms. The van der Waals surface area contributed by atoms with Crippen molar-refractivity contribution in [3.05, 3.63) is 58.7 Å². The Morgan fingerprint density at radius 2 is 1.80 bits per heavy atom. The minimum Gasteiger partial charge on any atom is -0.0614 e. The standard InChI is InChI=1S/C15H14/c1-10-6-7-12-9-14-11(2)4-3-5-13(14)15(12)8-10/h3-8H,9H2,1-2H3. The number of fused-ring (bicyclic) bond motifs is 3. The van der Waals surface area contributed by atoms with Gasteiger partial charge in [-0.15, -0.1) is 0 Å². The van der Waals surface area contributed by atoms with Crippen LogP contribution in [0.1, 0.15) is 22.3 Å². The summed E-state index contributed by atoms with van der Waals surface area (Å²) in [5, 5.41) is 0. The Morgan fingerprint density at radius 3 is 2.67 bits per heavy atom. The Morgan fingerprint density at radius 1 is 0.933 bits per heavy atom. The molecular formula is C15H14. The van der Waals surface area contributed by atoms with E-state index >= 15 is 0 Å². The molecule has 0 nitrogen and oxygen atoms in total. The van der Waals surface area contributed by atoms with Crippen molar-refractivity contribution in [3.63, 3.8) is 0 Å². The third-order valence-corrected chi connectivity index (χ3v) is 3.33. The summed E-state index contributed by atoms with van der Waals surface area (Å²) in [5.74, 6) is 0. The quantitative estimate of drug-likeness (QED) is 0.509. The second-order valence-corrected chi connectivity index (χ2v) is 4.44. The van der Waals surface area contributed by atoms with Crippen molar-refractivity contribution >= 4 is 0 Å². The Labute approximate surface area is 90.6 Å². The summed E-state index contributed by atoms with van der Waals surface area (Å²) in [7, 11) is 0. The molecule has 1 aliphatic carbocycles. The first kappa shape index (κ1) is 8.72. The molecule has 0 saturated heterocycles. The fraction of sp³-hybridized carbons (Fsp3) is 0.200. The smallest absolute Gasteiger partial charge is 0.00108 e. The fourth-order valence-electron chi connectivity index (χ4n) is 2.47. The number of rotatable bonds is 0. The summed E-state index contributed by atoms with van der Waals surface area (Å²) in [4.78, 5) is 0. The minimum atomic E-state index is 1.11. The highest BCUT2D eigenvalue weighted by Gasteiger charge is 2.18. The van der Waals surface area contributed by atoms with Crippen molar-refractivity contribution in [1.29, 1.82) is 0 Å². The van der Waals surface area contributed by atoms with Crippen molar-refractivity contribution in [1.82, 2.24) is 0 Å². The molecule has 0 fully saturated rings. The van der Waals surface area contributed by atoms with Crippen LogP contribution >= 0.6 is 0 Å². The molecule has 3 rings (SSSR count). The van der Waals surface area contributed by atoms with Crippen LogP contribution in [0.5, 0.6) is 0 Å². The van der Waals surface area contributed by atoms with Crippen molar-refractivity contribution < 1.29 is 0 Å². The Hall–Kier alpha value is -1.56. The zero-order valence-electron chi connectivity index (χ0n) is 9.17. The Kier molecular flexibility index (Phi) is 1.72. The number of aryl methyl sites for hydroxylation is 2. The van der Waals surface area contributed by atoms with Crippen LogP contribution in [-0.2, 0) is 6.42 Å². The minimum absolute atomic E-state index is 1.11. The van der Waals surface area contributed by atoms with Gasteiger partial charge >= 0.3 is 0 Å². The molecule has 15 heavy (non-hydrogen) atoms. The highest BCUT2D eigenvalue weighted by atomic mass is 14.2. The SMILES string of the molecule is Cc1ccc2c(c1)-c1cccc(C)c1C2. The van der Waals surface area contributed by atoms with E-state index in [-0.39, 0.29) is 0 Å². The second-order valence-electron chi connectivity index (χ2n) is 4.44. The second kappa shape index (κ2) is 2.96. The van der Waals surface area contributed by atoms with Gasteiger partial charge in [-0.05, 0) is 48.1 Å². The van der Waals surface area contributed by atoms with Crippen LogP contribution < -0.4 is 0 Å². The van der Waals surface area contributed by atoms with Crippen LogP contribution in [0.15, 0.2) is 36.4 Å². The molecule has 0 N–H and O–H groups in total. The van der Waals surface area contributed by atoms with Gasteiger partial charge in [0.05, 0.1) is 0 Å². The summed E-state index contributed by atoms with van der Waals surface area (Å²) < 4.78 is 0. The average molecular weight is 194 g/mol. The van der Waals surface area contributed by atoms with Gasteiger partial charge in [-0.1, -0.05) is 42.0 Å². The predicted octanol–water partition coefficient (Wildman–Crippen LogP) is 3.87. The van der Waals surface area contributed by atoms with Gasteiger partial charge in [0, 0.05) is 0 Å². The van der Waals surface area contributed by atoms with E-state index in [1.54, 1.807) is 0 Å². The summed E-state index contributed by atoms with van der Waals surface area (Å²) >= 11 is 0. The van der Waals surface area contributed by atoms with E-state index in [2.05, 4.69) is 50.2 Å². The first-order valence-electron chi connectivity index (χ1n) is 5.44. The highest BCUT2D eigenvalue weighted by Crippen LogP contribution is 2.38. The molecule has 0 bridgehead atoms. The molecule has 2 aromatic carbocycles. The Bertz CT molecular complexity index is 536. The number of benzene rings is 2. The van der Waals surface area contributed by atoms with Gasteiger partial charge in [-0.25, -0.2) is 0 Å². The molecule has 0 spiro atoms. The van der Waals surface area contributed by atoms with E-state index in [1.807, 2.05) is 0 Å². The maximum atomic E-state index is 2.31. The van der Waals surface area contributed by atoms with E-state index in [1.165, 1.54) is 33.4 Å². The first-order valence-corrected chi connectivity index (χ1v) is 5.44. The first-order chi connectivity index (χ1) is 7.25. The monoisotopic (exact) mass is 194 g/mol. The molecule has 0 aliphatic heterocycles. The van der Waals surface area contributed by atoms with Gasteiger partial charge in [-0.2, -0.15) is 0 Å². The maximum absolute atomic E-state index is 2.31. The molecule has 0 atom stereocenters. The van der Waals surface area contributed by atoms with Gasteiger partial charge in [0.15, 0.2) is 0 Å². The van der Waals surface area contributed by atoms with Gasteiger partial charge in [0.2, 0.25) is 0 Å². The molecule has 1 aliphatic rings. The number of hydrogen-bond acceptors (Lipinski definition) is 0. The molecule has 0 radical (unpaired) electrons. The molecule has 0 aromatic heterocycles. The van der Waals surface area contributed by atoms with Crippen LogP contribution in [0.2, 0.25) is 0 Å². The van der Waals surface area contributed by atoms with Gasteiger partial charge in [-0.3, -0.25) is 0 Å². The van der Waals surface area contributed by atoms with Crippen molar-refractivity contribution in [3.8, 4) is 11.1 Å². The lowest BCUT2D eigenvalue weighted by atomic mass is 10.0.